The number of urea groups is 1. The van der Waals surface area contributed by atoms with Crippen LogP contribution in [0.4, 0.5) is 4.79 Å². The van der Waals surface area contributed by atoms with E-state index in [1.807, 2.05) is 37.4 Å². The second kappa shape index (κ2) is 11.2. The Bertz CT molecular complexity index is 1070. The van der Waals surface area contributed by atoms with E-state index in [9.17, 15) is 9.59 Å². The summed E-state index contributed by atoms with van der Waals surface area (Å²) in [6.07, 6.45) is 6.30. The predicted octanol–water partition coefficient (Wildman–Crippen LogP) is 3.36. The number of piperidine rings is 1. The number of nitrogens with zero attached hydrogens (tertiary/aromatic N) is 4. The van der Waals surface area contributed by atoms with Crippen molar-refractivity contribution in [3.63, 3.8) is 0 Å². The Labute approximate surface area is 212 Å². The largest absolute Gasteiger partial charge is 0.496 e. The van der Waals surface area contributed by atoms with Gasteiger partial charge in [0.1, 0.15) is 11.3 Å². The van der Waals surface area contributed by atoms with Crippen LogP contribution in [0.15, 0.2) is 36.7 Å². The van der Waals surface area contributed by atoms with Gasteiger partial charge in [-0.3, -0.25) is 19.6 Å². The molecule has 1 spiro atoms. The van der Waals surface area contributed by atoms with E-state index >= 15 is 0 Å². The molecular formula is C27H36N4O5. The Morgan fingerprint density at radius 1 is 1.00 bits per heavy atom. The van der Waals surface area contributed by atoms with Crippen LogP contribution in [0.2, 0.25) is 0 Å². The quantitative estimate of drug-likeness (QED) is 0.467. The van der Waals surface area contributed by atoms with Crippen molar-refractivity contribution in [3.8, 4) is 17.2 Å². The van der Waals surface area contributed by atoms with Crippen LogP contribution in [0.5, 0.6) is 17.2 Å². The zero-order valence-electron chi connectivity index (χ0n) is 21.7. The van der Waals surface area contributed by atoms with E-state index in [2.05, 4.69) is 9.88 Å². The average Bonchev–Trinajstić information content (AvgIpc) is 3.10. The fraction of sp³-hybridized carbons (Fsp3) is 0.519. The first-order valence-corrected chi connectivity index (χ1v) is 12.5. The molecule has 36 heavy (non-hydrogen) atoms. The first-order valence-electron chi connectivity index (χ1n) is 12.5. The van der Waals surface area contributed by atoms with E-state index in [0.29, 0.717) is 57.1 Å². The number of ether oxygens (including phenoxy) is 3. The van der Waals surface area contributed by atoms with Gasteiger partial charge in [0.2, 0.25) is 0 Å². The molecule has 2 saturated heterocycles. The first-order chi connectivity index (χ1) is 17.5. The van der Waals surface area contributed by atoms with E-state index in [0.717, 1.165) is 29.7 Å². The highest BCUT2D eigenvalue weighted by molar-refractivity contribution is 6.07. The van der Waals surface area contributed by atoms with Crippen molar-refractivity contribution in [2.75, 3.05) is 47.5 Å². The molecule has 0 saturated carbocycles. The van der Waals surface area contributed by atoms with Crippen LogP contribution in [-0.4, -0.2) is 84.7 Å². The number of aryl methyl sites for hydroxylation is 1. The molecule has 9 heteroatoms. The molecule has 4 rings (SSSR count). The van der Waals surface area contributed by atoms with Crippen molar-refractivity contribution in [1.29, 1.82) is 0 Å². The summed E-state index contributed by atoms with van der Waals surface area (Å²) in [4.78, 5) is 36.5. The van der Waals surface area contributed by atoms with Crippen LogP contribution in [-0.2, 0) is 17.8 Å². The molecule has 3 heterocycles. The Morgan fingerprint density at radius 2 is 1.69 bits per heavy atom. The van der Waals surface area contributed by atoms with Gasteiger partial charge in [0.15, 0.2) is 11.5 Å². The number of methoxy groups -OCH3 is 3. The van der Waals surface area contributed by atoms with E-state index < -0.39 is 5.54 Å². The molecule has 1 aromatic heterocycles. The maximum atomic E-state index is 13.6. The van der Waals surface area contributed by atoms with E-state index in [1.165, 1.54) is 4.90 Å². The highest BCUT2D eigenvalue weighted by atomic mass is 16.5. The number of hydrogen-bond acceptors (Lipinski definition) is 7. The third-order valence-electron chi connectivity index (χ3n) is 7.37. The first kappa shape index (κ1) is 25.8. The highest BCUT2D eigenvalue weighted by Gasteiger charge is 2.57. The van der Waals surface area contributed by atoms with Crippen molar-refractivity contribution in [2.45, 2.75) is 44.7 Å². The minimum absolute atomic E-state index is 0.0520. The molecule has 1 aromatic carbocycles. The van der Waals surface area contributed by atoms with Gasteiger partial charge in [0, 0.05) is 56.7 Å². The molecule has 2 aromatic rings. The molecule has 0 atom stereocenters. The van der Waals surface area contributed by atoms with E-state index in [-0.39, 0.29) is 11.9 Å². The van der Waals surface area contributed by atoms with E-state index in [4.69, 9.17) is 14.2 Å². The molecule has 3 amide bonds. The van der Waals surface area contributed by atoms with Gasteiger partial charge in [0.25, 0.3) is 5.91 Å². The van der Waals surface area contributed by atoms with Gasteiger partial charge in [-0.25, -0.2) is 4.79 Å². The van der Waals surface area contributed by atoms with Crippen molar-refractivity contribution < 1.29 is 23.8 Å². The number of aromatic nitrogens is 1. The Balaban J connectivity index is 1.42. The van der Waals surface area contributed by atoms with Crippen LogP contribution < -0.4 is 14.2 Å². The van der Waals surface area contributed by atoms with Gasteiger partial charge in [0.05, 0.1) is 21.3 Å². The number of benzene rings is 1. The Morgan fingerprint density at radius 3 is 2.31 bits per heavy atom. The normalized spacial score (nSPS) is 17.7. The van der Waals surface area contributed by atoms with Gasteiger partial charge < -0.3 is 19.1 Å². The van der Waals surface area contributed by atoms with Gasteiger partial charge in [-0.05, 0) is 50.3 Å². The van der Waals surface area contributed by atoms with Crippen LogP contribution in [0.1, 0.15) is 37.3 Å². The summed E-state index contributed by atoms with van der Waals surface area (Å²) < 4.78 is 16.5. The number of likely N-dealkylation sites (N-methyl/N-ethyl adjacent to an activating group) is 1. The molecule has 2 aliphatic heterocycles. The second-order valence-electron chi connectivity index (χ2n) is 9.28. The molecule has 194 valence electrons. The standard InChI is InChI=1S/C27H36N4O5/c1-5-31-26(33)30(13-7-9-20-8-6-12-28-18-20)25(32)27(31)10-14-29(15-11-27)19-21-16-23(35-3)24(36-4)17-22(21)34-2/h6,8,12,16-18H,5,7,9-11,13-15,19H2,1-4H3. The van der Waals surface area contributed by atoms with Gasteiger partial charge in [-0.1, -0.05) is 6.07 Å². The number of likely N-dealkylation sites (tertiary alicyclic amines) is 1. The molecular weight excluding hydrogens is 460 g/mol. The number of carbonyl (C=O) groups is 2. The van der Waals surface area contributed by atoms with E-state index in [1.54, 1.807) is 32.4 Å². The molecule has 0 bridgehead atoms. The lowest BCUT2D eigenvalue weighted by Crippen LogP contribution is -2.56. The molecule has 2 fully saturated rings. The van der Waals surface area contributed by atoms with Gasteiger partial charge in [-0.15, -0.1) is 0 Å². The zero-order valence-corrected chi connectivity index (χ0v) is 21.7. The maximum absolute atomic E-state index is 13.6. The predicted molar refractivity (Wildman–Crippen MR) is 135 cm³/mol. The van der Waals surface area contributed by atoms with Crippen LogP contribution in [0, 0.1) is 0 Å². The number of carbonyl (C=O) groups excluding carboxylic acids is 2. The summed E-state index contributed by atoms with van der Waals surface area (Å²) >= 11 is 0. The van der Waals surface area contributed by atoms with Crippen LogP contribution >= 0.6 is 0 Å². The van der Waals surface area contributed by atoms with Crippen molar-refractivity contribution in [2.24, 2.45) is 0 Å². The minimum atomic E-state index is -0.752. The van der Waals surface area contributed by atoms with Crippen LogP contribution in [0.3, 0.4) is 0 Å². The summed E-state index contributed by atoms with van der Waals surface area (Å²) in [5.41, 5.74) is 1.35. The average molecular weight is 497 g/mol. The van der Waals surface area contributed by atoms with Gasteiger partial charge in [-0.2, -0.15) is 0 Å². The van der Waals surface area contributed by atoms with Crippen LogP contribution in [0.25, 0.3) is 0 Å². The number of amides is 3. The second-order valence-corrected chi connectivity index (χ2v) is 9.28. The summed E-state index contributed by atoms with van der Waals surface area (Å²) in [7, 11) is 4.85. The van der Waals surface area contributed by atoms with Crippen molar-refractivity contribution >= 4 is 11.9 Å². The minimum Gasteiger partial charge on any atom is -0.496 e. The number of hydrogen-bond donors (Lipinski definition) is 0. The fourth-order valence-corrected chi connectivity index (χ4v) is 5.43. The lowest BCUT2D eigenvalue weighted by Gasteiger charge is -2.42. The molecule has 0 aliphatic carbocycles. The van der Waals surface area contributed by atoms with Crippen molar-refractivity contribution in [3.05, 3.63) is 47.8 Å². The SMILES string of the molecule is CCN1C(=O)N(CCCc2cccnc2)C(=O)C12CCN(Cc1cc(OC)c(OC)cc1OC)CC2. The highest BCUT2D eigenvalue weighted by Crippen LogP contribution is 2.39. The lowest BCUT2D eigenvalue weighted by molar-refractivity contribution is -0.135. The third kappa shape index (κ3) is 4.84. The summed E-state index contributed by atoms with van der Waals surface area (Å²) in [6, 6.07) is 7.53. The molecule has 0 N–H and O–H groups in total. The molecule has 9 nitrogen and oxygen atoms in total. The number of pyridine rings is 1. The smallest absolute Gasteiger partial charge is 0.327 e. The summed E-state index contributed by atoms with van der Waals surface area (Å²) in [5.74, 6) is 1.95. The summed E-state index contributed by atoms with van der Waals surface area (Å²) in [5, 5.41) is 0. The number of imide groups is 1. The monoisotopic (exact) mass is 496 g/mol. The maximum Gasteiger partial charge on any atom is 0.327 e. The summed E-state index contributed by atoms with van der Waals surface area (Å²) in [6.45, 7) is 4.97. The zero-order chi connectivity index (χ0) is 25.7. The molecule has 2 aliphatic rings. The molecule has 0 unspecified atom stereocenters. The molecule has 0 radical (unpaired) electrons. The lowest BCUT2D eigenvalue weighted by atomic mass is 9.85. The number of rotatable bonds is 10. The third-order valence-corrected chi connectivity index (χ3v) is 7.37. The Hall–Kier alpha value is -3.33. The fourth-order valence-electron chi connectivity index (χ4n) is 5.43. The topological polar surface area (TPSA) is 84.4 Å². The van der Waals surface area contributed by atoms with Gasteiger partial charge >= 0.3 is 6.03 Å². The Kier molecular flexibility index (Phi) is 7.98. The van der Waals surface area contributed by atoms with Crippen molar-refractivity contribution in [1.82, 2.24) is 19.7 Å².